The van der Waals surface area contributed by atoms with Crippen LogP contribution in [0.25, 0.3) is 10.9 Å². The molecule has 2 atom stereocenters. The van der Waals surface area contributed by atoms with Crippen LogP contribution in [0.15, 0.2) is 42.5 Å². The van der Waals surface area contributed by atoms with Crippen molar-refractivity contribution in [2.45, 2.75) is 38.0 Å². The van der Waals surface area contributed by atoms with E-state index in [0.717, 1.165) is 10.9 Å². The molecule has 3 heterocycles. The van der Waals surface area contributed by atoms with Crippen LogP contribution in [-0.2, 0) is 6.42 Å². The molecule has 1 fully saturated rings. The average Bonchev–Trinajstić information content (AvgIpc) is 3.18. The number of H-pyrrole nitrogens is 1. The molecule has 0 spiro atoms. The van der Waals surface area contributed by atoms with Gasteiger partial charge in [0, 0.05) is 72.1 Å². The highest BCUT2D eigenvalue weighted by atomic mass is 19.4. The van der Waals surface area contributed by atoms with E-state index in [4.69, 9.17) is 0 Å². The fraction of sp³-hybridized carbons (Fsp3) is 0.481. The lowest BCUT2D eigenvalue weighted by Gasteiger charge is -2.41. The predicted octanol–water partition coefficient (Wildman–Crippen LogP) is 6.28. The summed E-state index contributed by atoms with van der Waals surface area (Å²) >= 11 is 0. The Morgan fingerprint density at radius 3 is 2.49 bits per heavy atom. The van der Waals surface area contributed by atoms with Crippen LogP contribution in [0.2, 0.25) is 0 Å². The summed E-state index contributed by atoms with van der Waals surface area (Å²) in [6.07, 6.45) is -9.31. The Morgan fingerprint density at radius 1 is 1.05 bits per heavy atom. The van der Waals surface area contributed by atoms with Gasteiger partial charge in [-0.1, -0.05) is 24.3 Å². The minimum absolute atomic E-state index is 0.0168. The van der Waals surface area contributed by atoms with Gasteiger partial charge in [-0.25, -0.2) is 0 Å². The van der Waals surface area contributed by atoms with Crippen molar-refractivity contribution in [3.05, 3.63) is 59.3 Å². The zero-order valence-corrected chi connectivity index (χ0v) is 21.2. The zero-order valence-electron chi connectivity index (χ0n) is 21.2. The molecule has 5 nitrogen and oxygen atoms in total. The summed E-state index contributed by atoms with van der Waals surface area (Å²) in [4.78, 5) is 6.38. The van der Waals surface area contributed by atoms with Crippen molar-refractivity contribution in [1.82, 2.24) is 14.8 Å². The second-order valence-corrected chi connectivity index (χ2v) is 10.3. The van der Waals surface area contributed by atoms with Crippen LogP contribution in [-0.4, -0.2) is 72.8 Å². The van der Waals surface area contributed by atoms with Crippen molar-refractivity contribution in [3.63, 3.8) is 0 Å². The second-order valence-electron chi connectivity index (χ2n) is 10.3. The Labute approximate surface area is 220 Å². The average molecular weight is 559 g/mol. The molecule has 2 aliphatic heterocycles. The lowest BCUT2D eigenvalue weighted by Crippen LogP contribution is -2.49. The maximum atomic E-state index is 13.7. The molecule has 39 heavy (non-hydrogen) atoms. The zero-order chi connectivity index (χ0) is 27.9. The molecule has 0 aliphatic carbocycles. The van der Waals surface area contributed by atoms with Crippen molar-refractivity contribution in [2.24, 2.45) is 5.92 Å². The number of hydrogen-bond acceptors (Lipinski definition) is 4. The number of aromatic amines is 1. The van der Waals surface area contributed by atoms with E-state index in [1.54, 1.807) is 25.1 Å². The number of alkyl halides is 7. The number of benzene rings is 2. The highest BCUT2D eigenvalue weighted by molar-refractivity contribution is 5.85. The van der Waals surface area contributed by atoms with Crippen LogP contribution in [0.3, 0.4) is 0 Å². The van der Waals surface area contributed by atoms with E-state index in [1.165, 1.54) is 17.0 Å². The summed E-state index contributed by atoms with van der Waals surface area (Å²) in [7, 11) is 0. The molecule has 2 N–H and O–H groups in total. The normalized spacial score (nSPS) is 21.1. The highest BCUT2D eigenvalue weighted by Gasteiger charge is 2.44. The molecule has 5 rings (SSSR count). The van der Waals surface area contributed by atoms with E-state index < -0.39 is 36.9 Å². The van der Waals surface area contributed by atoms with Gasteiger partial charge in [0.1, 0.15) is 5.75 Å². The molecule has 1 saturated heterocycles. The van der Waals surface area contributed by atoms with Crippen molar-refractivity contribution < 1.29 is 35.5 Å². The molecule has 0 radical (unpaired) electrons. The SMILES string of the molecule is CC1Cc2c([nH]c3ccccc23)C(c2ccc(NCCN3CC(CF)C3)cc2OC(F)(F)F)N1CC(F)(F)F. The fourth-order valence-electron chi connectivity index (χ4n) is 5.69. The van der Waals surface area contributed by atoms with Gasteiger partial charge in [-0.05, 0) is 31.0 Å². The number of rotatable bonds is 8. The smallest absolute Gasteiger partial charge is 0.405 e. The number of hydrogen-bond donors (Lipinski definition) is 2. The van der Waals surface area contributed by atoms with E-state index in [9.17, 15) is 30.7 Å². The van der Waals surface area contributed by atoms with E-state index in [1.807, 2.05) is 17.0 Å². The fourth-order valence-corrected chi connectivity index (χ4v) is 5.69. The molecule has 1 aromatic heterocycles. The number of ether oxygens (including phenoxy) is 1. The third-order valence-corrected chi connectivity index (χ3v) is 7.42. The van der Waals surface area contributed by atoms with Crippen molar-refractivity contribution in [1.29, 1.82) is 0 Å². The van der Waals surface area contributed by atoms with E-state index in [2.05, 4.69) is 15.0 Å². The third kappa shape index (κ3) is 6.11. The molecule has 212 valence electrons. The van der Waals surface area contributed by atoms with Gasteiger partial charge in [-0.2, -0.15) is 13.2 Å². The number of anilines is 1. The number of nitrogens with zero attached hydrogens (tertiary/aromatic N) is 2. The van der Waals surface area contributed by atoms with Gasteiger partial charge in [0.15, 0.2) is 0 Å². The Kier molecular flexibility index (Phi) is 7.45. The highest BCUT2D eigenvalue weighted by Crippen LogP contribution is 2.46. The van der Waals surface area contributed by atoms with Crippen LogP contribution in [0, 0.1) is 5.92 Å². The Morgan fingerprint density at radius 2 is 1.79 bits per heavy atom. The number of para-hydroxylation sites is 1. The van der Waals surface area contributed by atoms with Gasteiger partial charge in [0.05, 0.1) is 19.3 Å². The number of nitrogens with one attached hydrogen (secondary N) is 2. The summed E-state index contributed by atoms with van der Waals surface area (Å²) in [5.41, 5.74) is 2.22. The summed E-state index contributed by atoms with van der Waals surface area (Å²) in [5, 5.41) is 3.88. The van der Waals surface area contributed by atoms with Gasteiger partial charge < -0.3 is 19.9 Å². The summed E-state index contributed by atoms with van der Waals surface area (Å²) in [6.45, 7) is 2.19. The third-order valence-electron chi connectivity index (χ3n) is 7.42. The topological polar surface area (TPSA) is 43.5 Å². The summed E-state index contributed by atoms with van der Waals surface area (Å²) in [5.74, 6) is -0.548. The summed E-state index contributed by atoms with van der Waals surface area (Å²) in [6, 6.07) is 9.60. The van der Waals surface area contributed by atoms with Crippen molar-refractivity contribution >= 4 is 16.6 Å². The van der Waals surface area contributed by atoms with Gasteiger partial charge in [0.25, 0.3) is 0 Å². The molecule has 2 aliphatic rings. The predicted molar refractivity (Wildman–Crippen MR) is 134 cm³/mol. The lowest BCUT2D eigenvalue weighted by atomic mass is 9.88. The van der Waals surface area contributed by atoms with Gasteiger partial charge in [-0.15, -0.1) is 13.2 Å². The van der Waals surface area contributed by atoms with Crippen molar-refractivity contribution in [3.8, 4) is 5.75 Å². The first-order chi connectivity index (χ1) is 18.4. The molecule has 3 aromatic rings. The van der Waals surface area contributed by atoms with E-state index >= 15 is 0 Å². The first-order valence-corrected chi connectivity index (χ1v) is 12.8. The Hall–Kier alpha value is -2.99. The number of fused-ring (bicyclic) bond motifs is 3. The molecule has 2 aromatic carbocycles. The minimum Gasteiger partial charge on any atom is -0.405 e. The van der Waals surface area contributed by atoms with Crippen LogP contribution < -0.4 is 10.1 Å². The van der Waals surface area contributed by atoms with Crippen molar-refractivity contribution in [2.75, 3.05) is 44.7 Å². The van der Waals surface area contributed by atoms with E-state index in [0.29, 0.717) is 49.5 Å². The van der Waals surface area contributed by atoms with Gasteiger partial charge in [0.2, 0.25) is 0 Å². The molecule has 12 heteroatoms. The maximum absolute atomic E-state index is 13.7. The number of likely N-dealkylation sites (tertiary alicyclic amines) is 1. The Bertz CT molecular complexity index is 1300. The minimum atomic E-state index is -5.05. The van der Waals surface area contributed by atoms with Crippen LogP contribution in [0.1, 0.15) is 29.8 Å². The summed E-state index contributed by atoms with van der Waals surface area (Å²) < 4.78 is 98.8. The first-order valence-electron chi connectivity index (χ1n) is 12.8. The number of aromatic nitrogens is 1. The lowest BCUT2D eigenvalue weighted by molar-refractivity contribution is -0.275. The second kappa shape index (κ2) is 10.5. The van der Waals surface area contributed by atoms with Crippen LogP contribution in [0.4, 0.5) is 36.4 Å². The molecule has 0 saturated carbocycles. The largest absolute Gasteiger partial charge is 0.573 e. The van der Waals surface area contributed by atoms with Crippen LogP contribution >= 0.6 is 0 Å². The molecular weight excluding hydrogens is 529 g/mol. The molecule has 0 amide bonds. The Balaban J connectivity index is 1.51. The standard InChI is InChI=1S/C27H29F7N4O/c1-16-10-21-19-4-2-3-5-22(19)36-24(21)25(38(16)15-26(29,30)31)20-7-6-18(11-23(20)39-27(32,33)34)35-8-9-37-13-17(12-28)14-37/h2-7,11,16-17,25,35-36H,8-10,12-15H2,1H3. The molecule has 2 unspecified atom stereocenters. The number of halogens is 7. The molecular formula is C27H29F7N4O. The van der Waals surface area contributed by atoms with Gasteiger partial charge >= 0.3 is 12.5 Å². The quantitative estimate of drug-likeness (QED) is 0.320. The maximum Gasteiger partial charge on any atom is 0.573 e. The van der Waals surface area contributed by atoms with E-state index in [-0.39, 0.29) is 18.2 Å². The van der Waals surface area contributed by atoms with Crippen LogP contribution in [0.5, 0.6) is 5.75 Å². The monoisotopic (exact) mass is 558 g/mol. The molecule has 0 bridgehead atoms. The first kappa shape index (κ1) is 27.6. The van der Waals surface area contributed by atoms with Gasteiger partial charge in [-0.3, -0.25) is 9.29 Å².